The van der Waals surface area contributed by atoms with Gasteiger partial charge in [0.15, 0.2) is 11.6 Å². The quantitative estimate of drug-likeness (QED) is 0.658. The van der Waals surface area contributed by atoms with Crippen molar-refractivity contribution in [2.24, 2.45) is 0 Å². The number of carbonyl (C=O) groups excluding carboxylic acids is 2. The van der Waals surface area contributed by atoms with Crippen molar-refractivity contribution in [2.45, 2.75) is 25.8 Å². The third kappa shape index (κ3) is 4.31. The average molecular weight is 410 g/mol. The summed E-state index contributed by atoms with van der Waals surface area (Å²) in [5.74, 6) is 0.122. The fraction of sp³-hybridized carbons (Fsp3) is 0.318. The molecule has 150 valence electrons. The summed E-state index contributed by atoms with van der Waals surface area (Å²) >= 11 is 1.68. The van der Waals surface area contributed by atoms with Gasteiger partial charge in [-0.15, -0.1) is 11.3 Å². The fourth-order valence-corrected chi connectivity index (χ4v) is 4.66. The Labute approximate surface area is 174 Å². The highest BCUT2D eigenvalue weighted by Gasteiger charge is 2.23. The number of carbonyl (C=O) groups is 2. The molecular weight excluding hydrogens is 384 g/mol. The second kappa shape index (κ2) is 8.31. The van der Waals surface area contributed by atoms with Crippen molar-refractivity contribution in [1.82, 2.24) is 4.98 Å². The molecule has 6 nitrogen and oxygen atoms in total. The highest BCUT2D eigenvalue weighted by Crippen LogP contribution is 2.25. The van der Waals surface area contributed by atoms with Gasteiger partial charge in [-0.25, -0.2) is 4.98 Å². The van der Waals surface area contributed by atoms with E-state index in [0.717, 1.165) is 39.8 Å². The smallest absolute Gasteiger partial charge is 0.279 e. The van der Waals surface area contributed by atoms with Crippen LogP contribution >= 0.6 is 11.3 Å². The molecule has 0 radical (unpaired) electrons. The Morgan fingerprint density at radius 3 is 2.69 bits per heavy atom. The van der Waals surface area contributed by atoms with Gasteiger partial charge in [-0.05, 0) is 49.7 Å². The van der Waals surface area contributed by atoms with Crippen LogP contribution in [0.5, 0.6) is 0 Å². The monoisotopic (exact) mass is 409 g/mol. The molecule has 2 N–H and O–H groups in total. The summed E-state index contributed by atoms with van der Waals surface area (Å²) in [5, 5.41) is 3.99. The molecule has 2 aromatic carbocycles. The van der Waals surface area contributed by atoms with E-state index < -0.39 is 0 Å². The standard InChI is InChI=1S/C22H24N4O2S/c1-15(22-24-18-6-3-4-7-19(18)29-22)25(2)14-20(27)23-16-9-11-17(12-10-16)26-13-5-8-21(26)28/h3-4,6-7,9-12,15H,5,8,13-14H2,1-2H3,(H,23,27)/p+1/t15-/m0/s1. The molecule has 0 saturated carbocycles. The Bertz CT molecular complexity index is 998. The summed E-state index contributed by atoms with van der Waals surface area (Å²) in [6, 6.07) is 15.7. The van der Waals surface area contributed by atoms with E-state index in [4.69, 9.17) is 4.98 Å². The van der Waals surface area contributed by atoms with Gasteiger partial charge in [-0.2, -0.15) is 0 Å². The minimum Gasteiger partial charge on any atom is -0.322 e. The summed E-state index contributed by atoms with van der Waals surface area (Å²) in [4.78, 5) is 31.9. The number of nitrogens with one attached hydrogen (secondary N) is 2. The normalized spacial score (nSPS) is 16.2. The molecule has 1 aliphatic heterocycles. The summed E-state index contributed by atoms with van der Waals surface area (Å²) in [5.41, 5.74) is 2.64. The molecular formula is C22H25N4O2S+. The van der Waals surface area contributed by atoms with Crippen LogP contribution in [0.4, 0.5) is 11.4 Å². The molecule has 2 atom stereocenters. The lowest BCUT2D eigenvalue weighted by Crippen LogP contribution is -3.10. The molecule has 1 fully saturated rings. The van der Waals surface area contributed by atoms with Crippen molar-refractivity contribution in [2.75, 3.05) is 30.4 Å². The van der Waals surface area contributed by atoms with Gasteiger partial charge in [-0.1, -0.05) is 12.1 Å². The van der Waals surface area contributed by atoms with Gasteiger partial charge in [0.1, 0.15) is 6.04 Å². The molecule has 2 amide bonds. The molecule has 1 unspecified atom stereocenters. The summed E-state index contributed by atoms with van der Waals surface area (Å²) in [6.45, 7) is 3.22. The number of hydrogen-bond acceptors (Lipinski definition) is 4. The van der Waals surface area contributed by atoms with E-state index in [9.17, 15) is 9.59 Å². The zero-order valence-electron chi connectivity index (χ0n) is 16.6. The lowest BCUT2D eigenvalue weighted by molar-refractivity contribution is -0.902. The Balaban J connectivity index is 1.35. The van der Waals surface area contributed by atoms with Crippen LogP contribution < -0.4 is 15.1 Å². The SMILES string of the molecule is C[C@@H](c1nc2ccccc2s1)[NH+](C)CC(=O)Nc1ccc(N2CCCC2=O)cc1. The molecule has 1 aromatic heterocycles. The molecule has 0 bridgehead atoms. The molecule has 1 aliphatic rings. The number of thiazole rings is 1. The third-order valence-electron chi connectivity index (χ3n) is 5.40. The number of aromatic nitrogens is 1. The van der Waals surface area contributed by atoms with Crippen LogP contribution in [0.2, 0.25) is 0 Å². The lowest BCUT2D eigenvalue weighted by atomic mass is 10.2. The number of anilines is 2. The Hall–Kier alpha value is -2.77. The number of hydrogen-bond donors (Lipinski definition) is 2. The largest absolute Gasteiger partial charge is 0.322 e. The number of quaternary nitrogens is 1. The van der Waals surface area contributed by atoms with Gasteiger partial charge in [0.2, 0.25) is 5.91 Å². The molecule has 4 rings (SSSR count). The maximum absolute atomic E-state index is 12.5. The number of amides is 2. The minimum absolute atomic E-state index is 0.0412. The first-order valence-corrected chi connectivity index (χ1v) is 10.7. The highest BCUT2D eigenvalue weighted by molar-refractivity contribution is 7.18. The van der Waals surface area contributed by atoms with Crippen LogP contribution in [0, 0.1) is 0 Å². The summed E-state index contributed by atoms with van der Waals surface area (Å²) in [6.07, 6.45) is 1.51. The molecule has 3 aromatic rings. The first-order chi connectivity index (χ1) is 14.0. The zero-order chi connectivity index (χ0) is 20.4. The predicted octanol–water partition coefficient (Wildman–Crippen LogP) is 2.64. The molecule has 0 aliphatic carbocycles. The number of fused-ring (bicyclic) bond motifs is 1. The number of para-hydroxylation sites is 1. The van der Waals surface area contributed by atoms with Gasteiger partial charge >= 0.3 is 0 Å². The maximum Gasteiger partial charge on any atom is 0.279 e. The van der Waals surface area contributed by atoms with Gasteiger partial charge in [0, 0.05) is 24.3 Å². The Morgan fingerprint density at radius 1 is 1.24 bits per heavy atom. The topological polar surface area (TPSA) is 66.7 Å². The Kier molecular flexibility index (Phi) is 5.60. The van der Waals surface area contributed by atoms with Crippen LogP contribution in [0.1, 0.15) is 30.8 Å². The maximum atomic E-state index is 12.5. The van der Waals surface area contributed by atoms with E-state index in [2.05, 4.69) is 18.3 Å². The Morgan fingerprint density at radius 2 is 2.00 bits per heavy atom. The van der Waals surface area contributed by atoms with Crippen molar-refractivity contribution < 1.29 is 14.5 Å². The number of rotatable bonds is 6. The van der Waals surface area contributed by atoms with Crippen molar-refractivity contribution in [3.8, 4) is 0 Å². The predicted molar refractivity (Wildman–Crippen MR) is 116 cm³/mol. The molecule has 2 heterocycles. The lowest BCUT2D eigenvalue weighted by Gasteiger charge is -2.19. The van der Waals surface area contributed by atoms with E-state index in [-0.39, 0.29) is 17.9 Å². The van der Waals surface area contributed by atoms with E-state index in [0.29, 0.717) is 13.0 Å². The fourth-order valence-electron chi connectivity index (χ4n) is 3.54. The van der Waals surface area contributed by atoms with E-state index >= 15 is 0 Å². The van der Waals surface area contributed by atoms with Crippen LogP contribution in [0.15, 0.2) is 48.5 Å². The van der Waals surface area contributed by atoms with Gasteiger partial charge in [-0.3, -0.25) is 9.59 Å². The van der Waals surface area contributed by atoms with Crippen molar-refractivity contribution in [3.63, 3.8) is 0 Å². The van der Waals surface area contributed by atoms with Crippen LogP contribution in [0.3, 0.4) is 0 Å². The molecule has 29 heavy (non-hydrogen) atoms. The van der Waals surface area contributed by atoms with E-state index in [1.807, 2.05) is 49.5 Å². The van der Waals surface area contributed by atoms with Crippen LogP contribution in [-0.2, 0) is 9.59 Å². The van der Waals surface area contributed by atoms with Crippen molar-refractivity contribution in [3.05, 3.63) is 53.5 Å². The van der Waals surface area contributed by atoms with Gasteiger partial charge < -0.3 is 15.1 Å². The summed E-state index contributed by atoms with van der Waals surface area (Å²) in [7, 11) is 2.01. The second-order valence-corrected chi connectivity index (χ2v) is 8.57. The number of likely N-dealkylation sites (N-methyl/N-ethyl adjacent to an activating group) is 1. The third-order valence-corrected chi connectivity index (χ3v) is 6.61. The van der Waals surface area contributed by atoms with Crippen LogP contribution in [-0.4, -0.2) is 36.9 Å². The van der Waals surface area contributed by atoms with Gasteiger partial charge in [0.05, 0.1) is 17.3 Å². The summed E-state index contributed by atoms with van der Waals surface area (Å²) < 4.78 is 1.17. The zero-order valence-corrected chi connectivity index (χ0v) is 17.5. The first kappa shape index (κ1) is 19.5. The second-order valence-electron chi connectivity index (χ2n) is 7.51. The minimum atomic E-state index is -0.0412. The van der Waals surface area contributed by atoms with E-state index in [1.165, 1.54) is 4.70 Å². The van der Waals surface area contributed by atoms with Crippen molar-refractivity contribution in [1.29, 1.82) is 0 Å². The number of nitrogens with zero attached hydrogens (tertiary/aromatic N) is 2. The molecule has 1 saturated heterocycles. The van der Waals surface area contributed by atoms with Crippen molar-refractivity contribution >= 4 is 44.7 Å². The first-order valence-electron chi connectivity index (χ1n) is 9.89. The molecule has 7 heteroatoms. The van der Waals surface area contributed by atoms with E-state index in [1.54, 1.807) is 16.2 Å². The number of benzene rings is 2. The van der Waals surface area contributed by atoms with Crippen LogP contribution in [0.25, 0.3) is 10.2 Å². The highest BCUT2D eigenvalue weighted by atomic mass is 32.1. The molecule has 0 spiro atoms. The average Bonchev–Trinajstić information content (AvgIpc) is 3.34. The van der Waals surface area contributed by atoms with Gasteiger partial charge in [0.25, 0.3) is 5.91 Å².